The molecule has 0 spiro atoms. The molecule has 0 atom stereocenters. The van der Waals surface area contributed by atoms with E-state index in [1.807, 2.05) is 23.5 Å². The highest BCUT2D eigenvalue weighted by Crippen LogP contribution is 2.51. The summed E-state index contributed by atoms with van der Waals surface area (Å²) in [6.07, 6.45) is 2.27. The summed E-state index contributed by atoms with van der Waals surface area (Å²) in [4.78, 5) is 2.89. The second-order valence-corrected chi connectivity index (χ2v) is 8.86. The number of benzene rings is 3. The van der Waals surface area contributed by atoms with E-state index >= 15 is 0 Å². The molecule has 3 aromatic rings. The van der Waals surface area contributed by atoms with Crippen molar-refractivity contribution in [1.82, 2.24) is 0 Å². The zero-order valence-electron chi connectivity index (χ0n) is 13.5. The lowest BCUT2D eigenvalue weighted by atomic mass is 9.94. The predicted molar refractivity (Wildman–Crippen MR) is 106 cm³/mol. The molecule has 0 saturated carbocycles. The molecule has 0 aromatic heterocycles. The van der Waals surface area contributed by atoms with Crippen molar-refractivity contribution in [2.24, 2.45) is 5.92 Å². The lowest BCUT2D eigenvalue weighted by Gasteiger charge is -2.22. The molecule has 0 amide bonds. The summed E-state index contributed by atoms with van der Waals surface area (Å²) in [7, 11) is 0. The first-order valence-corrected chi connectivity index (χ1v) is 10.1. The van der Waals surface area contributed by atoms with Crippen LogP contribution in [0, 0.1) is 5.92 Å². The van der Waals surface area contributed by atoms with Crippen LogP contribution in [0.15, 0.2) is 94.7 Å². The van der Waals surface area contributed by atoms with Crippen LogP contribution in [0.2, 0.25) is 0 Å². The van der Waals surface area contributed by atoms with Gasteiger partial charge in [-0.2, -0.15) is 0 Å². The van der Waals surface area contributed by atoms with Gasteiger partial charge < -0.3 is 0 Å². The lowest BCUT2D eigenvalue weighted by Crippen LogP contribution is -2.18. The van der Waals surface area contributed by atoms with Gasteiger partial charge in [-0.25, -0.2) is 0 Å². The maximum atomic E-state index is 2.26. The lowest BCUT2D eigenvalue weighted by molar-refractivity contribution is 0.569. The van der Waals surface area contributed by atoms with E-state index in [2.05, 4.69) is 84.9 Å². The average molecular weight is 349 g/mol. The van der Waals surface area contributed by atoms with E-state index in [1.165, 1.54) is 20.9 Å². The molecule has 0 nitrogen and oxygen atoms in total. The molecule has 0 unspecified atom stereocenters. The third-order valence-corrected chi connectivity index (χ3v) is 7.56. The number of thioether (sulfide) groups is 2. The van der Waals surface area contributed by atoms with E-state index in [0.717, 1.165) is 12.8 Å². The second kappa shape index (κ2) is 7.50. The van der Waals surface area contributed by atoms with Gasteiger partial charge >= 0.3 is 0 Å². The van der Waals surface area contributed by atoms with Gasteiger partial charge in [0.2, 0.25) is 0 Å². The van der Waals surface area contributed by atoms with Crippen LogP contribution in [0.5, 0.6) is 0 Å². The summed E-state index contributed by atoms with van der Waals surface area (Å²) in [5, 5.41) is 0. The highest BCUT2D eigenvalue weighted by molar-refractivity contribution is 8.19. The molecule has 0 aliphatic carbocycles. The Morgan fingerprint density at radius 1 is 0.583 bits per heavy atom. The molecular formula is C22H20S2. The van der Waals surface area contributed by atoms with Gasteiger partial charge in [0, 0.05) is 9.79 Å². The summed E-state index contributed by atoms with van der Waals surface area (Å²) >= 11 is 4.09. The molecule has 4 rings (SSSR count). The van der Waals surface area contributed by atoms with Gasteiger partial charge in [0.25, 0.3) is 0 Å². The Morgan fingerprint density at radius 3 is 1.46 bits per heavy atom. The zero-order chi connectivity index (χ0) is 16.2. The molecule has 3 aromatic carbocycles. The van der Waals surface area contributed by atoms with E-state index in [1.54, 1.807) is 0 Å². The minimum atomic E-state index is 0.586. The summed E-state index contributed by atoms with van der Waals surface area (Å²) in [5.41, 5.74) is 2.88. The van der Waals surface area contributed by atoms with Crippen LogP contribution in [-0.2, 0) is 12.8 Å². The van der Waals surface area contributed by atoms with Crippen molar-refractivity contribution in [2.45, 2.75) is 27.2 Å². The third-order valence-electron chi connectivity index (χ3n) is 4.40. The van der Waals surface area contributed by atoms with Gasteiger partial charge in [-0.1, -0.05) is 72.8 Å². The predicted octanol–water partition coefficient (Wildman–Crippen LogP) is 6.31. The van der Waals surface area contributed by atoms with Gasteiger partial charge in [0.1, 0.15) is 0 Å². The summed E-state index contributed by atoms with van der Waals surface area (Å²) in [6.45, 7) is 0. The first-order valence-electron chi connectivity index (χ1n) is 8.39. The normalized spacial score (nSPS) is 14.0. The first kappa shape index (κ1) is 15.9. The summed E-state index contributed by atoms with van der Waals surface area (Å²) < 4.78 is 0.586. The van der Waals surface area contributed by atoms with Crippen LogP contribution >= 0.6 is 23.5 Å². The summed E-state index contributed by atoms with van der Waals surface area (Å²) in [5.74, 6) is 0.622. The van der Waals surface area contributed by atoms with Crippen LogP contribution in [0.25, 0.3) is 0 Å². The van der Waals surface area contributed by atoms with Gasteiger partial charge in [-0.05, 0) is 42.0 Å². The minimum absolute atomic E-state index is 0.586. The Balaban J connectivity index is 1.56. The van der Waals surface area contributed by atoms with Crippen molar-refractivity contribution in [3.63, 3.8) is 0 Å². The Kier molecular flexibility index (Phi) is 4.96. The Hall–Kier alpha value is -1.64. The maximum Gasteiger partial charge on any atom is 0.0632 e. The van der Waals surface area contributed by atoms with Gasteiger partial charge in [-0.3, -0.25) is 0 Å². The standard InChI is InChI=1S/C22H20S2/c1-3-9-17(10-4-1)15-19(16-18-11-5-2-6-12-18)22-23-20-13-7-8-14-21(20)24-22/h1-14,19,22H,15-16H2. The van der Waals surface area contributed by atoms with Crippen molar-refractivity contribution >= 4 is 23.5 Å². The number of fused-ring (bicyclic) bond motifs is 1. The van der Waals surface area contributed by atoms with Crippen LogP contribution in [-0.4, -0.2) is 4.58 Å². The van der Waals surface area contributed by atoms with Crippen molar-refractivity contribution in [3.8, 4) is 0 Å². The van der Waals surface area contributed by atoms with E-state index in [9.17, 15) is 0 Å². The highest BCUT2D eigenvalue weighted by atomic mass is 32.2. The Morgan fingerprint density at radius 2 is 1.00 bits per heavy atom. The quantitative estimate of drug-likeness (QED) is 0.530. The van der Waals surface area contributed by atoms with E-state index < -0.39 is 0 Å². The van der Waals surface area contributed by atoms with Crippen molar-refractivity contribution in [1.29, 1.82) is 0 Å². The van der Waals surface area contributed by atoms with Crippen LogP contribution in [0.1, 0.15) is 11.1 Å². The van der Waals surface area contributed by atoms with Crippen LogP contribution < -0.4 is 0 Å². The molecule has 0 radical (unpaired) electrons. The topological polar surface area (TPSA) is 0 Å². The fourth-order valence-corrected chi connectivity index (χ4v) is 6.27. The van der Waals surface area contributed by atoms with Crippen LogP contribution in [0.4, 0.5) is 0 Å². The fraction of sp³-hybridized carbons (Fsp3) is 0.182. The second-order valence-electron chi connectivity index (χ2n) is 6.19. The molecule has 0 bridgehead atoms. The maximum absolute atomic E-state index is 2.26. The van der Waals surface area contributed by atoms with E-state index in [0.29, 0.717) is 10.5 Å². The van der Waals surface area contributed by atoms with E-state index in [4.69, 9.17) is 0 Å². The summed E-state index contributed by atoms with van der Waals surface area (Å²) in [6, 6.07) is 30.7. The molecule has 0 fully saturated rings. The molecule has 1 aliphatic rings. The van der Waals surface area contributed by atoms with E-state index in [-0.39, 0.29) is 0 Å². The molecule has 120 valence electrons. The van der Waals surface area contributed by atoms with Gasteiger partial charge in [-0.15, -0.1) is 23.5 Å². The van der Waals surface area contributed by atoms with Gasteiger partial charge in [0.15, 0.2) is 0 Å². The highest BCUT2D eigenvalue weighted by Gasteiger charge is 2.30. The first-order chi connectivity index (χ1) is 11.9. The molecular weight excluding hydrogens is 328 g/mol. The minimum Gasteiger partial charge on any atom is -0.110 e. The molecule has 0 N–H and O–H groups in total. The van der Waals surface area contributed by atoms with Crippen molar-refractivity contribution in [2.75, 3.05) is 0 Å². The zero-order valence-corrected chi connectivity index (χ0v) is 15.1. The van der Waals surface area contributed by atoms with Crippen molar-refractivity contribution < 1.29 is 0 Å². The number of hydrogen-bond donors (Lipinski definition) is 0. The molecule has 2 heteroatoms. The monoisotopic (exact) mass is 348 g/mol. The largest absolute Gasteiger partial charge is 0.110 e. The molecule has 0 saturated heterocycles. The SMILES string of the molecule is c1ccc(CC(Cc2ccccc2)C2Sc3ccccc3S2)cc1. The number of rotatable bonds is 5. The average Bonchev–Trinajstić information content (AvgIpc) is 3.07. The molecule has 24 heavy (non-hydrogen) atoms. The van der Waals surface area contributed by atoms with Crippen molar-refractivity contribution in [3.05, 3.63) is 96.1 Å². The van der Waals surface area contributed by atoms with Gasteiger partial charge in [0.05, 0.1) is 4.58 Å². The van der Waals surface area contributed by atoms with Crippen LogP contribution in [0.3, 0.4) is 0 Å². The third kappa shape index (κ3) is 3.71. The number of hydrogen-bond acceptors (Lipinski definition) is 2. The Labute approximate surface area is 152 Å². The molecule has 1 aliphatic heterocycles. The fourth-order valence-electron chi connectivity index (χ4n) is 3.21. The molecule has 1 heterocycles. The smallest absolute Gasteiger partial charge is 0.0632 e. The Bertz CT molecular complexity index is 717.